The highest BCUT2D eigenvalue weighted by Gasteiger charge is 2.01. The fourth-order valence-electron chi connectivity index (χ4n) is 0.513. The Morgan fingerprint density at radius 3 is 2.67 bits per heavy atom. The van der Waals surface area contributed by atoms with Crippen molar-refractivity contribution in [2.45, 2.75) is 13.3 Å². The topological polar surface area (TPSA) is 55.4 Å². The van der Waals surface area contributed by atoms with Gasteiger partial charge in [-0.2, -0.15) is 0 Å². The fraction of sp³-hybridized carbons (Fsp3) is 0.714. The lowest BCUT2D eigenvalue weighted by atomic mass is 10.4. The number of rotatable bonds is 5. The van der Waals surface area contributed by atoms with Crippen molar-refractivity contribution in [3.63, 3.8) is 0 Å². The van der Waals surface area contributed by atoms with Gasteiger partial charge in [-0.15, -0.1) is 11.6 Å². The molecular formula is C7H12ClNO3. The highest BCUT2D eigenvalue weighted by Crippen LogP contribution is 1.82. The SMILES string of the molecule is CC(=O)OCC(=O)NCCCCl. The molecule has 0 aromatic carbocycles. The van der Waals surface area contributed by atoms with E-state index in [4.69, 9.17) is 11.6 Å². The van der Waals surface area contributed by atoms with E-state index in [-0.39, 0.29) is 12.5 Å². The van der Waals surface area contributed by atoms with Crippen molar-refractivity contribution in [3.05, 3.63) is 0 Å². The molecule has 0 aliphatic carbocycles. The number of amides is 1. The van der Waals surface area contributed by atoms with E-state index >= 15 is 0 Å². The molecular weight excluding hydrogens is 182 g/mol. The van der Waals surface area contributed by atoms with E-state index in [1.165, 1.54) is 6.92 Å². The average molecular weight is 194 g/mol. The number of alkyl halides is 1. The van der Waals surface area contributed by atoms with E-state index in [2.05, 4.69) is 10.1 Å². The summed E-state index contributed by atoms with van der Waals surface area (Å²) in [7, 11) is 0. The van der Waals surface area contributed by atoms with Crippen LogP contribution in [0.5, 0.6) is 0 Å². The third-order valence-electron chi connectivity index (χ3n) is 1.04. The zero-order valence-corrected chi connectivity index (χ0v) is 7.69. The van der Waals surface area contributed by atoms with Crippen LogP contribution >= 0.6 is 11.6 Å². The van der Waals surface area contributed by atoms with Gasteiger partial charge in [0.1, 0.15) is 0 Å². The Labute approximate surface area is 76.2 Å². The molecule has 0 rings (SSSR count). The Morgan fingerprint density at radius 2 is 2.17 bits per heavy atom. The second kappa shape index (κ2) is 6.91. The number of carbonyl (C=O) groups excluding carboxylic acids is 2. The lowest BCUT2D eigenvalue weighted by Gasteiger charge is -2.02. The van der Waals surface area contributed by atoms with Gasteiger partial charge in [-0.1, -0.05) is 0 Å². The van der Waals surface area contributed by atoms with Crippen LogP contribution in [0.4, 0.5) is 0 Å². The monoisotopic (exact) mass is 193 g/mol. The van der Waals surface area contributed by atoms with Gasteiger partial charge >= 0.3 is 5.97 Å². The molecule has 0 radical (unpaired) electrons. The number of carbonyl (C=O) groups is 2. The minimum atomic E-state index is -0.456. The molecule has 5 heteroatoms. The van der Waals surface area contributed by atoms with Crippen LogP contribution < -0.4 is 5.32 Å². The molecule has 0 fully saturated rings. The van der Waals surface area contributed by atoms with E-state index in [0.717, 1.165) is 0 Å². The van der Waals surface area contributed by atoms with E-state index in [0.29, 0.717) is 18.8 Å². The number of esters is 1. The van der Waals surface area contributed by atoms with E-state index in [9.17, 15) is 9.59 Å². The molecule has 12 heavy (non-hydrogen) atoms. The first-order chi connectivity index (χ1) is 5.66. The average Bonchev–Trinajstić information content (AvgIpc) is 2.01. The van der Waals surface area contributed by atoms with Crippen LogP contribution in [0.3, 0.4) is 0 Å². The largest absolute Gasteiger partial charge is 0.456 e. The molecule has 0 aliphatic heterocycles. The second-order valence-corrected chi connectivity index (χ2v) is 2.55. The third-order valence-corrected chi connectivity index (χ3v) is 1.31. The van der Waals surface area contributed by atoms with E-state index in [1.807, 2.05) is 0 Å². The van der Waals surface area contributed by atoms with Crippen LogP contribution in [0, 0.1) is 0 Å². The smallest absolute Gasteiger partial charge is 0.303 e. The number of ether oxygens (including phenoxy) is 1. The standard InChI is InChI=1S/C7H12ClNO3/c1-6(10)12-5-7(11)9-4-2-3-8/h2-5H2,1H3,(H,9,11). The molecule has 0 aromatic heterocycles. The Kier molecular flexibility index (Phi) is 6.47. The van der Waals surface area contributed by atoms with Crippen LogP contribution in [0.2, 0.25) is 0 Å². The van der Waals surface area contributed by atoms with Gasteiger partial charge in [-0.3, -0.25) is 9.59 Å². The molecule has 0 bridgehead atoms. The normalized spacial score (nSPS) is 9.17. The van der Waals surface area contributed by atoms with Crippen molar-refractivity contribution in [2.75, 3.05) is 19.0 Å². The van der Waals surface area contributed by atoms with Crippen LogP contribution in [0.25, 0.3) is 0 Å². The molecule has 0 aromatic rings. The van der Waals surface area contributed by atoms with Crippen molar-refractivity contribution < 1.29 is 14.3 Å². The molecule has 0 saturated carbocycles. The lowest BCUT2D eigenvalue weighted by molar-refractivity contribution is -0.146. The quantitative estimate of drug-likeness (QED) is 0.388. The third kappa shape index (κ3) is 7.34. The van der Waals surface area contributed by atoms with Crippen LogP contribution in [-0.4, -0.2) is 30.9 Å². The summed E-state index contributed by atoms with van der Waals surface area (Å²) < 4.78 is 4.45. The summed E-state index contributed by atoms with van der Waals surface area (Å²) in [6, 6.07) is 0. The highest BCUT2D eigenvalue weighted by atomic mass is 35.5. The maximum Gasteiger partial charge on any atom is 0.303 e. The van der Waals surface area contributed by atoms with Gasteiger partial charge in [-0.05, 0) is 6.42 Å². The van der Waals surface area contributed by atoms with Gasteiger partial charge in [0, 0.05) is 19.3 Å². The van der Waals surface area contributed by atoms with Gasteiger partial charge in [0.2, 0.25) is 0 Å². The van der Waals surface area contributed by atoms with Crippen molar-refractivity contribution >= 4 is 23.5 Å². The predicted molar refractivity (Wildman–Crippen MR) is 45.0 cm³/mol. The minimum absolute atomic E-state index is 0.211. The number of halogens is 1. The molecule has 70 valence electrons. The number of nitrogens with one attached hydrogen (secondary N) is 1. The molecule has 0 saturated heterocycles. The minimum Gasteiger partial charge on any atom is -0.456 e. The zero-order chi connectivity index (χ0) is 9.40. The molecule has 0 unspecified atom stereocenters. The summed E-state index contributed by atoms with van der Waals surface area (Å²) in [5.74, 6) is -0.244. The van der Waals surface area contributed by atoms with Crippen LogP contribution in [0.1, 0.15) is 13.3 Å². The predicted octanol–water partition coefficient (Wildman–Crippen LogP) is 0.295. The molecule has 4 nitrogen and oxygen atoms in total. The molecule has 0 atom stereocenters. The summed E-state index contributed by atoms with van der Waals surface area (Å²) in [6.07, 6.45) is 0.716. The summed E-state index contributed by atoms with van der Waals surface area (Å²) in [5.41, 5.74) is 0. The summed E-state index contributed by atoms with van der Waals surface area (Å²) >= 11 is 5.38. The lowest BCUT2D eigenvalue weighted by Crippen LogP contribution is -2.29. The summed E-state index contributed by atoms with van der Waals surface area (Å²) in [6.45, 7) is 1.56. The molecule has 0 heterocycles. The first-order valence-corrected chi connectivity index (χ1v) is 4.16. The van der Waals surface area contributed by atoms with Crippen molar-refractivity contribution in [3.8, 4) is 0 Å². The Bertz CT molecular complexity index is 161. The molecule has 1 N–H and O–H groups in total. The van der Waals surface area contributed by atoms with E-state index in [1.54, 1.807) is 0 Å². The molecule has 0 aliphatic rings. The molecule has 0 spiro atoms. The van der Waals surface area contributed by atoms with Gasteiger partial charge in [0.05, 0.1) is 0 Å². The number of hydrogen-bond donors (Lipinski definition) is 1. The summed E-state index contributed by atoms with van der Waals surface area (Å²) in [5, 5.41) is 2.54. The fourth-order valence-corrected chi connectivity index (χ4v) is 0.646. The summed E-state index contributed by atoms with van der Waals surface area (Å²) in [4.78, 5) is 21.0. The van der Waals surface area contributed by atoms with Gasteiger partial charge in [0.25, 0.3) is 5.91 Å². The van der Waals surface area contributed by atoms with Crippen molar-refractivity contribution in [2.24, 2.45) is 0 Å². The first-order valence-electron chi connectivity index (χ1n) is 3.63. The number of hydrogen-bond acceptors (Lipinski definition) is 3. The highest BCUT2D eigenvalue weighted by molar-refractivity contribution is 6.17. The van der Waals surface area contributed by atoms with Gasteiger partial charge < -0.3 is 10.1 Å². The van der Waals surface area contributed by atoms with Gasteiger partial charge in [0.15, 0.2) is 6.61 Å². The maximum atomic E-state index is 10.8. The van der Waals surface area contributed by atoms with Gasteiger partial charge in [-0.25, -0.2) is 0 Å². The van der Waals surface area contributed by atoms with E-state index < -0.39 is 5.97 Å². The molecule has 1 amide bonds. The van der Waals surface area contributed by atoms with Crippen LogP contribution in [-0.2, 0) is 14.3 Å². The van der Waals surface area contributed by atoms with Crippen molar-refractivity contribution in [1.82, 2.24) is 5.32 Å². The maximum absolute atomic E-state index is 10.8. The first kappa shape index (κ1) is 11.2. The Balaban J connectivity index is 3.28. The Morgan fingerprint density at radius 1 is 1.50 bits per heavy atom. The second-order valence-electron chi connectivity index (χ2n) is 2.17. The Hall–Kier alpha value is -0.770. The zero-order valence-electron chi connectivity index (χ0n) is 6.93. The van der Waals surface area contributed by atoms with Crippen molar-refractivity contribution in [1.29, 1.82) is 0 Å². The van der Waals surface area contributed by atoms with Crippen LogP contribution in [0.15, 0.2) is 0 Å².